The standard InChI is InChI=1S/C24H17O.ClHO4/c1-18-21(17-16-19-10-4-2-5-11-19)22-14-8-9-15-23(22)25-24(18)20-12-6-3-7-13-20;2-1(3,4)5/h2-15H,1H3;(H,2,3,4,5)/q+1;/p-1. The number of fused-ring (bicyclic) bond motifs is 1. The van der Waals surface area contributed by atoms with Gasteiger partial charge >= 0.3 is 11.3 Å². The average Bonchev–Trinajstić information content (AvgIpc) is 2.73. The molecule has 1 aromatic heterocycles. The first-order chi connectivity index (χ1) is 14.3. The van der Waals surface area contributed by atoms with E-state index in [-0.39, 0.29) is 0 Å². The molecule has 0 unspecified atom stereocenters. The maximum Gasteiger partial charge on any atom is 0.364 e. The van der Waals surface area contributed by atoms with Gasteiger partial charge in [0.25, 0.3) is 0 Å². The summed E-state index contributed by atoms with van der Waals surface area (Å²) >= 11 is 0. The molecule has 30 heavy (non-hydrogen) atoms. The molecule has 5 nitrogen and oxygen atoms in total. The lowest BCUT2D eigenvalue weighted by atomic mass is 9.99. The second kappa shape index (κ2) is 9.51. The number of rotatable bonds is 1. The van der Waals surface area contributed by atoms with Gasteiger partial charge in [-0.1, -0.05) is 60.4 Å². The molecule has 0 saturated heterocycles. The van der Waals surface area contributed by atoms with Crippen molar-refractivity contribution >= 4 is 11.0 Å². The largest absolute Gasteiger partial charge is 0.364 e. The van der Waals surface area contributed by atoms with Crippen LogP contribution in [0.5, 0.6) is 0 Å². The third-order valence-electron chi connectivity index (χ3n) is 4.23. The lowest BCUT2D eigenvalue weighted by Crippen LogP contribution is -2.68. The van der Waals surface area contributed by atoms with Gasteiger partial charge in [-0.25, -0.2) is 23.1 Å². The molecular weight excluding hydrogens is 404 g/mol. The van der Waals surface area contributed by atoms with Crippen LogP contribution in [0.3, 0.4) is 0 Å². The second-order valence-electron chi connectivity index (χ2n) is 6.29. The first kappa shape index (κ1) is 21.5. The highest BCUT2D eigenvalue weighted by molar-refractivity contribution is 5.87. The van der Waals surface area contributed by atoms with Crippen LogP contribution in [0.2, 0.25) is 0 Å². The van der Waals surface area contributed by atoms with Crippen molar-refractivity contribution in [2.75, 3.05) is 0 Å². The van der Waals surface area contributed by atoms with Gasteiger partial charge < -0.3 is 0 Å². The third-order valence-corrected chi connectivity index (χ3v) is 4.23. The minimum atomic E-state index is -4.94. The highest BCUT2D eigenvalue weighted by Gasteiger charge is 2.22. The Bertz CT molecular complexity index is 1180. The number of benzene rings is 3. The van der Waals surface area contributed by atoms with Gasteiger partial charge in [0.1, 0.15) is 0 Å². The quantitative estimate of drug-likeness (QED) is 0.341. The molecule has 4 rings (SSSR count). The van der Waals surface area contributed by atoms with Crippen molar-refractivity contribution in [3.63, 3.8) is 0 Å². The number of halogens is 1. The van der Waals surface area contributed by atoms with Gasteiger partial charge in [0.2, 0.25) is 0 Å². The smallest absolute Gasteiger partial charge is 0.222 e. The second-order valence-corrected chi connectivity index (χ2v) is 7.04. The third kappa shape index (κ3) is 5.88. The van der Waals surface area contributed by atoms with E-state index in [4.69, 9.17) is 23.1 Å². The highest BCUT2D eigenvalue weighted by atomic mass is 35.7. The first-order valence-corrected chi connectivity index (χ1v) is 10.2. The minimum absolute atomic E-state index is 0.851. The summed E-state index contributed by atoms with van der Waals surface area (Å²) in [7, 11) is -4.94. The molecule has 0 N–H and O–H groups in total. The van der Waals surface area contributed by atoms with Crippen LogP contribution in [0.15, 0.2) is 89.3 Å². The fraction of sp³-hybridized carbons (Fsp3) is 0.0417. The monoisotopic (exact) mass is 420 g/mol. The van der Waals surface area contributed by atoms with E-state index in [1.54, 1.807) is 0 Å². The molecule has 4 aromatic rings. The van der Waals surface area contributed by atoms with Gasteiger partial charge in [0.15, 0.2) is 0 Å². The summed E-state index contributed by atoms with van der Waals surface area (Å²) in [5, 5.41) is 1.04. The van der Waals surface area contributed by atoms with Crippen molar-refractivity contribution in [1.29, 1.82) is 0 Å². The van der Waals surface area contributed by atoms with Crippen LogP contribution >= 0.6 is 0 Å². The predicted octanol–water partition coefficient (Wildman–Crippen LogP) is 1.33. The number of para-hydroxylation sites is 1. The van der Waals surface area contributed by atoms with Crippen molar-refractivity contribution in [1.82, 2.24) is 0 Å². The summed E-state index contributed by atoms with van der Waals surface area (Å²) in [6.45, 7) is 2.08. The lowest BCUT2D eigenvalue weighted by Gasteiger charge is -2.17. The summed E-state index contributed by atoms with van der Waals surface area (Å²) in [5.74, 6) is 7.53. The molecule has 3 aromatic carbocycles. The molecule has 0 fully saturated rings. The van der Waals surface area contributed by atoms with E-state index >= 15 is 0 Å². The molecular formula is C24H17ClO5. The van der Waals surface area contributed by atoms with Gasteiger partial charge in [-0.3, -0.25) is 0 Å². The minimum Gasteiger partial charge on any atom is -0.222 e. The van der Waals surface area contributed by atoms with Crippen LogP contribution in [0, 0.1) is 29.0 Å². The molecule has 0 aliphatic rings. The molecule has 0 atom stereocenters. The van der Waals surface area contributed by atoms with Crippen molar-refractivity contribution < 1.29 is 33.3 Å². The molecule has 0 spiro atoms. The van der Waals surface area contributed by atoms with E-state index in [2.05, 4.69) is 37.0 Å². The van der Waals surface area contributed by atoms with E-state index in [0.29, 0.717) is 0 Å². The maximum absolute atomic E-state index is 8.49. The molecule has 0 aliphatic carbocycles. The van der Waals surface area contributed by atoms with Gasteiger partial charge in [-0.05, 0) is 37.3 Å². The van der Waals surface area contributed by atoms with Crippen LogP contribution < -0.4 is 18.6 Å². The van der Waals surface area contributed by atoms with Crippen LogP contribution in [0.25, 0.3) is 22.3 Å². The van der Waals surface area contributed by atoms with Gasteiger partial charge in [0.05, 0.1) is 22.1 Å². The van der Waals surface area contributed by atoms with E-state index in [1.165, 1.54) is 0 Å². The zero-order valence-electron chi connectivity index (χ0n) is 16.0. The summed E-state index contributed by atoms with van der Waals surface area (Å²) in [6, 6.07) is 28.3. The number of hydrogen-bond donors (Lipinski definition) is 0. The van der Waals surface area contributed by atoms with Crippen molar-refractivity contribution in [2.45, 2.75) is 6.92 Å². The predicted molar refractivity (Wildman–Crippen MR) is 103 cm³/mol. The Balaban J connectivity index is 0.000000461. The fourth-order valence-electron chi connectivity index (χ4n) is 2.95. The van der Waals surface area contributed by atoms with Gasteiger partial charge in [-0.2, -0.15) is 0 Å². The van der Waals surface area contributed by atoms with E-state index in [9.17, 15) is 0 Å². The highest BCUT2D eigenvalue weighted by Crippen LogP contribution is 2.31. The molecule has 150 valence electrons. The zero-order valence-corrected chi connectivity index (χ0v) is 16.8. The Kier molecular flexibility index (Phi) is 6.80. The summed E-state index contributed by atoms with van der Waals surface area (Å²) in [6.07, 6.45) is 0. The number of hydrogen-bond acceptors (Lipinski definition) is 4. The van der Waals surface area contributed by atoms with Gasteiger partial charge in [-0.15, -0.1) is 10.2 Å². The van der Waals surface area contributed by atoms with Gasteiger partial charge in [0, 0.05) is 11.6 Å². The average molecular weight is 421 g/mol. The molecule has 6 heteroatoms. The van der Waals surface area contributed by atoms with Crippen LogP contribution in [0.4, 0.5) is 0 Å². The molecule has 0 bridgehead atoms. The van der Waals surface area contributed by atoms with Crippen LogP contribution in [-0.4, -0.2) is 0 Å². The zero-order chi connectivity index (χ0) is 21.6. The molecule has 1 heterocycles. The lowest BCUT2D eigenvalue weighted by molar-refractivity contribution is -2.00. The fourth-order valence-corrected chi connectivity index (χ4v) is 2.95. The normalized spacial score (nSPS) is 10.6. The van der Waals surface area contributed by atoms with E-state index in [1.807, 2.05) is 66.7 Å². The first-order valence-electron chi connectivity index (χ1n) is 8.92. The summed E-state index contributed by atoms with van der Waals surface area (Å²) in [5.41, 5.74) is 5.00. The summed E-state index contributed by atoms with van der Waals surface area (Å²) < 4.78 is 40.2. The SMILES string of the molecule is Cc1c(-c2ccccc2)[o+]c2ccccc2c1C#Cc1ccccc1.[O-][Cl+3]([O-])([O-])[O-]. The Labute approximate surface area is 176 Å². The molecule has 0 saturated carbocycles. The molecule has 0 amide bonds. The van der Waals surface area contributed by atoms with E-state index < -0.39 is 10.2 Å². The summed E-state index contributed by atoms with van der Waals surface area (Å²) in [4.78, 5) is 0. The Morgan fingerprint density at radius 1 is 0.700 bits per heavy atom. The Hall–Kier alpha value is -3.24. The van der Waals surface area contributed by atoms with Crippen molar-refractivity contribution in [3.8, 4) is 23.2 Å². The Morgan fingerprint density at radius 2 is 1.23 bits per heavy atom. The van der Waals surface area contributed by atoms with Crippen LogP contribution in [-0.2, 0) is 0 Å². The molecule has 0 radical (unpaired) electrons. The van der Waals surface area contributed by atoms with Crippen molar-refractivity contribution in [3.05, 3.63) is 102 Å². The topological polar surface area (TPSA) is 104 Å². The molecule has 0 aliphatic heterocycles. The van der Waals surface area contributed by atoms with E-state index in [0.717, 1.165) is 39.0 Å². The van der Waals surface area contributed by atoms with Crippen molar-refractivity contribution in [2.24, 2.45) is 0 Å². The van der Waals surface area contributed by atoms with Crippen LogP contribution in [0.1, 0.15) is 16.7 Å². The Morgan fingerprint density at radius 3 is 1.87 bits per heavy atom. The maximum atomic E-state index is 8.49.